The second kappa shape index (κ2) is 11.9. The molecule has 10 heteroatoms. The highest BCUT2D eigenvalue weighted by atomic mass is 27.2. The topological polar surface area (TPSA) is 142 Å². The lowest BCUT2D eigenvalue weighted by atomic mass is 10.1. The molecule has 0 aliphatic rings. The van der Waals surface area contributed by atoms with Gasteiger partial charge in [-0.2, -0.15) is 0 Å². The second-order valence-electron chi connectivity index (χ2n) is 12.6. The fraction of sp³-hybridized carbons (Fsp3) is 0.100. The van der Waals surface area contributed by atoms with Gasteiger partial charge in [-0.05, 0) is 67.8 Å². The molecular formula is C40H31AlN4O5. The van der Waals surface area contributed by atoms with Crippen LogP contribution in [0.4, 0.5) is 0 Å². The zero-order chi connectivity index (χ0) is 34.8. The standard InChI is InChI=1S/C20H15N2O3.2C10H8NO.Al/c1-11-17(9-13-5-3-7-15(23)19(13)21-11)25-18-10-14-6-4-8-16(24)20(14)22-12(18)2;2*1-7-5-6-8-3-2-4-9(12)10(8)11-7;/h3-9,23-24H,1-2H3;2*2-4,6,12H,1H3;. The molecule has 0 unspecified atom stereocenters. The van der Waals surface area contributed by atoms with E-state index in [2.05, 4.69) is 17.1 Å². The van der Waals surface area contributed by atoms with Crippen molar-refractivity contribution >= 4 is 71.0 Å². The summed E-state index contributed by atoms with van der Waals surface area (Å²) in [7, 11) is 0. The Hall–Kier alpha value is -5.95. The van der Waals surface area contributed by atoms with Gasteiger partial charge in [-0.25, -0.2) is 9.97 Å². The first-order chi connectivity index (χ1) is 24.1. The molecule has 0 saturated carbocycles. The van der Waals surface area contributed by atoms with Gasteiger partial charge in [0.1, 0.15) is 56.6 Å². The molecule has 0 radical (unpaired) electrons. The molecule has 4 aromatic heterocycles. The van der Waals surface area contributed by atoms with Gasteiger partial charge in [0.2, 0.25) is 0 Å². The maximum Gasteiger partial charge on any atom is 0.396 e. The van der Waals surface area contributed by atoms with E-state index in [-0.39, 0.29) is 23.0 Å². The Bertz CT molecular complexity index is 2610. The van der Waals surface area contributed by atoms with Crippen LogP contribution in [0.3, 0.4) is 0 Å². The molecule has 9 nitrogen and oxygen atoms in total. The predicted molar refractivity (Wildman–Crippen MR) is 197 cm³/mol. The Morgan fingerprint density at radius 1 is 0.480 bits per heavy atom. The predicted octanol–water partition coefficient (Wildman–Crippen LogP) is 6.24. The number of benzene rings is 4. The average Bonchev–Trinajstić information content (AvgIpc) is 3.08. The number of aryl methyl sites for hydroxylation is 4. The van der Waals surface area contributed by atoms with Gasteiger partial charge in [-0.3, -0.25) is 9.97 Å². The van der Waals surface area contributed by atoms with E-state index in [0.717, 1.165) is 40.8 Å². The number of aromatic hydroxyl groups is 4. The van der Waals surface area contributed by atoms with Crippen LogP contribution in [0.2, 0.25) is 0 Å². The van der Waals surface area contributed by atoms with Crippen molar-refractivity contribution in [3.63, 3.8) is 0 Å². The smallest absolute Gasteiger partial charge is 0.396 e. The lowest BCUT2D eigenvalue weighted by Gasteiger charge is -2.24. The van der Waals surface area contributed by atoms with Gasteiger partial charge in [-0.1, -0.05) is 69.5 Å². The van der Waals surface area contributed by atoms with Crippen molar-refractivity contribution in [2.75, 3.05) is 0 Å². The summed E-state index contributed by atoms with van der Waals surface area (Å²) < 4.78 is 9.69. The van der Waals surface area contributed by atoms with E-state index in [1.165, 1.54) is 0 Å². The fourth-order valence-electron chi connectivity index (χ4n) is 6.93. The normalized spacial score (nSPS) is 11.5. The third kappa shape index (κ3) is 5.09. The monoisotopic (exact) mass is 674 g/mol. The number of aromatic nitrogens is 4. The van der Waals surface area contributed by atoms with Gasteiger partial charge in [0.15, 0.2) is 0 Å². The molecule has 4 N–H and O–H groups in total. The van der Waals surface area contributed by atoms with E-state index in [0.29, 0.717) is 50.3 Å². The molecule has 0 amide bonds. The van der Waals surface area contributed by atoms with Crippen LogP contribution in [0, 0.1) is 27.7 Å². The molecule has 4 aromatic carbocycles. The van der Waals surface area contributed by atoms with E-state index >= 15 is 0 Å². The van der Waals surface area contributed by atoms with Crippen LogP contribution >= 0.6 is 0 Å². The molecule has 0 fully saturated rings. The summed E-state index contributed by atoms with van der Waals surface area (Å²) in [6, 6.07) is 27.3. The molecule has 0 aliphatic heterocycles. The number of phenols is 4. The average molecular weight is 675 g/mol. The highest BCUT2D eigenvalue weighted by Crippen LogP contribution is 2.35. The van der Waals surface area contributed by atoms with Crippen molar-refractivity contribution in [1.29, 1.82) is 0 Å². The fourth-order valence-corrected chi connectivity index (χ4v) is 10.6. The Morgan fingerprint density at radius 2 is 0.900 bits per heavy atom. The molecule has 0 atom stereocenters. The lowest BCUT2D eigenvalue weighted by Crippen LogP contribution is -2.55. The van der Waals surface area contributed by atoms with Gasteiger partial charge in [0, 0.05) is 27.5 Å². The zero-order valence-electron chi connectivity index (χ0n) is 27.7. The SMILES string of the molecule is Cc1nc2c(O)cccc2cc1Oc1c(C)nc2c(O)cccc2[c]1[Al]([c]1cc2cccc(O)c2nc1C)[c]1cc2cccc(O)c2nc1C. The molecule has 0 saturated heterocycles. The number of para-hydroxylation sites is 4. The third-order valence-electron chi connectivity index (χ3n) is 9.36. The van der Waals surface area contributed by atoms with Crippen molar-refractivity contribution in [3.05, 3.63) is 114 Å². The quantitative estimate of drug-likeness (QED) is 0.156. The van der Waals surface area contributed by atoms with Crippen LogP contribution < -0.4 is 18.0 Å². The van der Waals surface area contributed by atoms with Crippen molar-refractivity contribution in [1.82, 2.24) is 19.9 Å². The van der Waals surface area contributed by atoms with Crippen LogP contribution in [0.1, 0.15) is 22.8 Å². The Labute approximate surface area is 291 Å². The van der Waals surface area contributed by atoms with E-state index in [1.807, 2.05) is 58.0 Å². The number of ether oxygens (including phenoxy) is 1. The summed E-state index contributed by atoms with van der Waals surface area (Å²) in [6.45, 7) is 7.57. The van der Waals surface area contributed by atoms with Crippen molar-refractivity contribution in [2.45, 2.75) is 27.7 Å². The number of pyridine rings is 4. The number of fused-ring (bicyclic) bond motifs is 4. The highest BCUT2D eigenvalue weighted by molar-refractivity contribution is 6.98. The van der Waals surface area contributed by atoms with Crippen molar-refractivity contribution in [2.24, 2.45) is 0 Å². The molecule has 0 bridgehead atoms. The largest absolute Gasteiger partial charge is 0.506 e. The van der Waals surface area contributed by atoms with Crippen LogP contribution in [0.25, 0.3) is 43.6 Å². The van der Waals surface area contributed by atoms with E-state index in [1.54, 1.807) is 48.5 Å². The van der Waals surface area contributed by atoms with Gasteiger partial charge >= 0.3 is 14.1 Å². The van der Waals surface area contributed by atoms with Crippen LogP contribution in [-0.4, -0.2) is 54.5 Å². The minimum absolute atomic E-state index is 0.0433. The van der Waals surface area contributed by atoms with E-state index in [4.69, 9.17) is 19.7 Å². The summed E-state index contributed by atoms with van der Waals surface area (Å²) in [4.78, 5) is 19.4. The molecule has 50 heavy (non-hydrogen) atoms. The third-order valence-corrected chi connectivity index (χ3v) is 12.9. The summed E-state index contributed by atoms with van der Waals surface area (Å²) in [6.07, 6.45) is 0. The van der Waals surface area contributed by atoms with Gasteiger partial charge in [0.25, 0.3) is 0 Å². The maximum atomic E-state index is 11.2. The lowest BCUT2D eigenvalue weighted by molar-refractivity contribution is 0.470. The number of hydrogen-bond acceptors (Lipinski definition) is 9. The molecule has 0 aliphatic carbocycles. The minimum atomic E-state index is -2.71. The van der Waals surface area contributed by atoms with Gasteiger partial charge < -0.3 is 25.2 Å². The van der Waals surface area contributed by atoms with E-state index in [9.17, 15) is 20.4 Å². The van der Waals surface area contributed by atoms with Crippen molar-refractivity contribution in [3.8, 4) is 34.5 Å². The van der Waals surface area contributed by atoms with Crippen LogP contribution in [0.15, 0.2) is 91.0 Å². The molecule has 4 heterocycles. The molecule has 8 aromatic rings. The van der Waals surface area contributed by atoms with Crippen LogP contribution in [0.5, 0.6) is 34.5 Å². The van der Waals surface area contributed by atoms with Crippen LogP contribution in [-0.2, 0) is 0 Å². The molecule has 0 spiro atoms. The Kier molecular flexibility index (Phi) is 7.44. The summed E-state index contributed by atoms with van der Waals surface area (Å²) in [5.41, 5.74) is 4.54. The molecule has 8 rings (SSSR count). The minimum Gasteiger partial charge on any atom is -0.506 e. The van der Waals surface area contributed by atoms with Crippen molar-refractivity contribution < 1.29 is 25.2 Å². The second-order valence-corrected chi connectivity index (χ2v) is 15.3. The Balaban J connectivity index is 1.49. The number of nitrogens with zero attached hydrogens (tertiary/aromatic N) is 4. The Morgan fingerprint density at radius 3 is 1.42 bits per heavy atom. The first-order valence-corrected chi connectivity index (χ1v) is 17.9. The number of phenolic OH excluding ortho intramolecular Hbond substituents is 4. The zero-order valence-corrected chi connectivity index (χ0v) is 28.9. The summed E-state index contributed by atoms with van der Waals surface area (Å²) >= 11 is -2.71. The molecule has 244 valence electrons. The highest BCUT2D eigenvalue weighted by Gasteiger charge is 2.36. The maximum absolute atomic E-state index is 11.2. The summed E-state index contributed by atoms with van der Waals surface area (Å²) in [5, 5.41) is 46.1. The van der Waals surface area contributed by atoms with Gasteiger partial charge in [-0.15, -0.1) is 0 Å². The number of rotatable bonds is 5. The first kappa shape index (κ1) is 31.3. The van der Waals surface area contributed by atoms with E-state index < -0.39 is 14.1 Å². The summed E-state index contributed by atoms with van der Waals surface area (Å²) in [5.74, 6) is 1.34. The van der Waals surface area contributed by atoms with Gasteiger partial charge in [0.05, 0.1) is 11.4 Å². The molecular weight excluding hydrogens is 643 g/mol. The first-order valence-electron chi connectivity index (χ1n) is 16.2. The number of hydrogen-bond donors (Lipinski definition) is 4.